The summed E-state index contributed by atoms with van der Waals surface area (Å²) in [6, 6.07) is 3.40. The minimum atomic E-state index is -0.795. The molecule has 1 aliphatic carbocycles. The summed E-state index contributed by atoms with van der Waals surface area (Å²) in [7, 11) is 0. The Balaban J connectivity index is 1.99. The summed E-state index contributed by atoms with van der Waals surface area (Å²) in [5, 5.41) is 12.0. The van der Waals surface area contributed by atoms with Gasteiger partial charge in [-0.05, 0) is 46.3 Å². The number of halogens is 1. The number of carbonyl (C=O) groups is 2. The van der Waals surface area contributed by atoms with Gasteiger partial charge in [-0.3, -0.25) is 9.59 Å². The summed E-state index contributed by atoms with van der Waals surface area (Å²) in [4.78, 5) is 27.2. The van der Waals surface area contributed by atoms with Crippen molar-refractivity contribution in [1.29, 1.82) is 0 Å². The van der Waals surface area contributed by atoms with Crippen molar-refractivity contribution >= 4 is 27.8 Å². The van der Waals surface area contributed by atoms with Crippen LogP contribution in [0.25, 0.3) is 0 Å². The van der Waals surface area contributed by atoms with Crippen LogP contribution in [0.4, 0.5) is 0 Å². The zero-order chi connectivity index (χ0) is 15.3. The van der Waals surface area contributed by atoms with Gasteiger partial charge >= 0.3 is 5.97 Å². The van der Waals surface area contributed by atoms with Crippen molar-refractivity contribution in [3.63, 3.8) is 0 Å². The Morgan fingerprint density at radius 3 is 2.57 bits per heavy atom. The van der Waals surface area contributed by atoms with E-state index in [0.717, 1.165) is 32.1 Å². The Morgan fingerprint density at radius 2 is 2.00 bits per heavy atom. The molecule has 0 saturated heterocycles. The second kappa shape index (κ2) is 7.02. The molecule has 1 aromatic rings. The molecule has 6 heteroatoms. The van der Waals surface area contributed by atoms with E-state index < -0.39 is 5.97 Å². The molecular formula is C15H19BrN2O3. The number of hydrogen-bond donors (Lipinski definition) is 2. The maximum atomic E-state index is 12.1. The molecule has 5 nitrogen and oxygen atoms in total. The Morgan fingerprint density at radius 1 is 1.29 bits per heavy atom. The monoisotopic (exact) mass is 354 g/mol. The minimum absolute atomic E-state index is 0.117. The van der Waals surface area contributed by atoms with Gasteiger partial charge < -0.3 is 10.4 Å². The summed E-state index contributed by atoms with van der Waals surface area (Å²) >= 11 is 3.22. The van der Waals surface area contributed by atoms with E-state index >= 15 is 0 Å². The van der Waals surface area contributed by atoms with Crippen molar-refractivity contribution < 1.29 is 14.7 Å². The van der Waals surface area contributed by atoms with Gasteiger partial charge in [-0.1, -0.05) is 19.3 Å². The van der Waals surface area contributed by atoms with Crippen LogP contribution in [0.1, 0.15) is 48.9 Å². The first-order chi connectivity index (χ1) is 10.0. The van der Waals surface area contributed by atoms with E-state index in [9.17, 15) is 9.59 Å². The lowest BCUT2D eigenvalue weighted by Gasteiger charge is -2.36. The van der Waals surface area contributed by atoms with Crippen LogP contribution in [-0.2, 0) is 4.79 Å². The number of nitrogens with one attached hydrogen (secondary N) is 1. The van der Waals surface area contributed by atoms with Gasteiger partial charge in [-0.25, -0.2) is 4.98 Å². The number of nitrogens with zero attached hydrogens (tertiary/aromatic N) is 1. The third-order valence-electron chi connectivity index (χ3n) is 4.05. The Kier molecular flexibility index (Phi) is 5.33. The molecule has 0 spiro atoms. The molecule has 1 heterocycles. The molecule has 1 aromatic heterocycles. The largest absolute Gasteiger partial charge is 0.481 e. The first kappa shape index (κ1) is 15.9. The predicted molar refractivity (Wildman–Crippen MR) is 82.0 cm³/mol. The smallest absolute Gasteiger partial charge is 0.303 e. The first-order valence-electron chi connectivity index (χ1n) is 7.12. The second-order valence-corrected chi connectivity index (χ2v) is 6.50. The van der Waals surface area contributed by atoms with E-state index in [0.29, 0.717) is 16.7 Å². The van der Waals surface area contributed by atoms with Crippen LogP contribution >= 0.6 is 15.9 Å². The molecule has 1 amide bonds. The van der Waals surface area contributed by atoms with E-state index in [1.165, 1.54) is 6.20 Å². The third-order valence-corrected chi connectivity index (χ3v) is 4.52. The van der Waals surface area contributed by atoms with Crippen LogP contribution in [0.5, 0.6) is 0 Å². The normalized spacial score (nSPS) is 17.2. The van der Waals surface area contributed by atoms with Gasteiger partial charge in [0.2, 0.25) is 0 Å². The maximum absolute atomic E-state index is 12.1. The van der Waals surface area contributed by atoms with Gasteiger partial charge in [0.1, 0.15) is 4.60 Å². The Hall–Kier alpha value is -1.43. The fourth-order valence-corrected chi connectivity index (χ4v) is 3.15. The fourth-order valence-electron chi connectivity index (χ4n) is 2.92. The van der Waals surface area contributed by atoms with Gasteiger partial charge in [0.05, 0.1) is 12.0 Å². The number of carboxylic acids is 1. The summed E-state index contributed by atoms with van der Waals surface area (Å²) in [5.74, 6) is -0.998. The lowest BCUT2D eigenvalue weighted by Crippen LogP contribution is -2.40. The number of amides is 1. The molecule has 2 N–H and O–H groups in total. The molecule has 0 aromatic carbocycles. The van der Waals surface area contributed by atoms with Crippen LogP contribution in [0.15, 0.2) is 22.9 Å². The number of aromatic nitrogens is 1. The lowest BCUT2D eigenvalue weighted by atomic mass is 9.71. The van der Waals surface area contributed by atoms with Gasteiger partial charge in [0, 0.05) is 12.7 Å². The zero-order valence-electron chi connectivity index (χ0n) is 11.8. The molecule has 114 valence electrons. The van der Waals surface area contributed by atoms with Crippen molar-refractivity contribution in [2.24, 2.45) is 5.41 Å². The standard InChI is InChI=1S/C15H19BrN2O3/c16-12-5-4-11(9-17-12)14(21)18-10-15(8-13(19)20)6-2-1-3-7-15/h4-5,9H,1-3,6-8,10H2,(H,18,21)(H,19,20). The maximum Gasteiger partial charge on any atom is 0.303 e. The quantitative estimate of drug-likeness (QED) is 0.796. The highest BCUT2D eigenvalue weighted by Crippen LogP contribution is 2.38. The Labute approximate surface area is 132 Å². The number of aliphatic carboxylic acids is 1. The average molecular weight is 355 g/mol. The van der Waals surface area contributed by atoms with Crippen molar-refractivity contribution in [2.45, 2.75) is 38.5 Å². The highest BCUT2D eigenvalue weighted by atomic mass is 79.9. The number of rotatable bonds is 5. The molecule has 0 bridgehead atoms. The number of carboxylic acid groups (broad SMARTS) is 1. The summed E-state index contributed by atoms with van der Waals surface area (Å²) < 4.78 is 0.675. The van der Waals surface area contributed by atoms with Gasteiger partial charge in [0.15, 0.2) is 0 Å². The molecule has 1 aliphatic rings. The molecule has 1 fully saturated rings. The minimum Gasteiger partial charge on any atom is -0.481 e. The van der Waals surface area contributed by atoms with E-state index in [-0.39, 0.29) is 17.7 Å². The summed E-state index contributed by atoms with van der Waals surface area (Å²) in [5.41, 5.74) is 0.183. The fraction of sp³-hybridized carbons (Fsp3) is 0.533. The molecule has 21 heavy (non-hydrogen) atoms. The SMILES string of the molecule is O=C(O)CC1(CNC(=O)c2ccc(Br)nc2)CCCCC1. The number of hydrogen-bond acceptors (Lipinski definition) is 3. The van der Waals surface area contributed by atoms with E-state index in [2.05, 4.69) is 26.2 Å². The highest BCUT2D eigenvalue weighted by Gasteiger charge is 2.34. The molecular weight excluding hydrogens is 336 g/mol. The summed E-state index contributed by atoms with van der Waals surface area (Å²) in [6.45, 7) is 0.411. The zero-order valence-corrected chi connectivity index (χ0v) is 13.4. The van der Waals surface area contributed by atoms with E-state index in [4.69, 9.17) is 5.11 Å². The van der Waals surface area contributed by atoms with E-state index in [1.54, 1.807) is 12.1 Å². The van der Waals surface area contributed by atoms with Crippen molar-refractivity contribution in [3.05, 3.63) is 28.5 Å². The molecule has 0 atom stereocenters. The topological polar surface area (TPSA) is 79.3 Å². The van der Waals surface area contributed by atoms with Crippen molar-refractivity contribution in [3.8, 4) is 0 Å². The molecule has 2 rings (SSSR count). The van der Waals surface area contributed by atoms with Crippen LogP contribution in [-0.4, -0.2) is 28.5 Å². The molecule has 0 aliphatic heterocycles. The molecule has 0 radical (unpaired) electrons. The number of pyridine rings is 1. The van der Waals surface area contributed by atoms with Crippen LogP contribution in [0.3, 0.4) is 0 Å². The lowest BCUT2D eigenvalue weighted by molar-refractivity contribution is -0.140. The van der Waals surface area contributed by atoms with Gasteiger partial charge in [-0.2, -0.15) is 0 Å². The van der Waals surface area contributed by atoms with Crippen molar-refractivity contribution in [1.82, 2.24) is 10.3 Å². The Bertz CT molecular complexity index is 510. The van der Waals surface area contributed by atoms with Crippen LogP contribution < -0.4 is 5.32 Å². The van der Waals surface area contributed by atoms with E-state index in [1.807, 2.05) is 0 Å². The third kappa shape index (κ3) is 4.52. The van der Waals surface area contributed by atoms with Crippen LogP contribution in [0, 0.1) is 5.41 Å². The second-order valence-electron chi connectivity index (χ2n) is 5.68. The molecule has 0 unspecified atom stereocenters. The van der Waals surface area contributed by atoms with Gasteiger partial charge in [-0.15, -0.1) is 0 Å². The van der Waals surface area contributed by atoms with Crippen LogP contribution in [0.2, 0.25) is 0 Å². The highest BCUT2D eigenvalue weighted by molar-refractivity contribution is 9.10. The average Bonchev–Trinajstić information content (AvgIpc) is 2.46. The molecule has 1 saturated carbocycles. The first-order valence-corrected chi connectivity index (χ1v) is 7.92. The van der Waals surface area contributed by atoms with Gasteiger partial charge in [0.25, 0.3) is 5.91 Å². The number of carbonyl (C=O) groups excluding carboxylic acids is 1. The predicted octanol–water partition coefficient (Wildman–Crippen LogP) is 3.00. The van der Waals surface area contributed by atoms with Crippen molar-refractivity contribution in [2.75, 3.05) is 6.54 Å². The summed E-state index contributed by atoms with van der Waals surface area (Å²) in [6.07, 6.45) is 6.55.